The Morgan fingerprint density at radius 1 is 1.11 bits per heavy atom. The lowest BCUT2D eigenvalue weighted by Gasteiger charge is -2.08. The summed E-state index contributed by atoms with van der Waals surface area (Å²) in [5, 5.41) is 0.768. The Hall–Kier alpha value is -1.35. The normalized spacial score (nSPS) is 10.7. The van der Waals surface area contributed by atoms with Crippen LogP contribution in [0.5, 0.6) is 5.75 Å². The Kier molecular flexibility index (Phi) is 4.97. The summed E-state index contributed by atoms with van der Waals surface area (Å²) in [5.74, 6) is 1.37. The molecule has 1 heterocycles. The second-order valence-corrected chi connectivity index (χ2v) is 5.36. The third-order valence-electron chi connectivity index (χ3n) is 2.99. The van der Waals surface area contributed by atoms with Crippen molar-refractivity contribution in [2.24, 2.45) is 0 Å². The first kappa shape index (κ1) is 14.1. The highest BCUT2D eigenvalue weighted by atomic mass is 79.9. The predicted molar refractivity (Wildman–Crippen MR) is 81.7 cm³/mol. The van der Waals surface area contributed by atoms with E-state index in [1.165, 1.54) is 11.1 Å². The van der Waals surface area contributed by atoms with E-state index in [4.69, 9.17) is 4.74 Å². The molecule has 0 spiro atoms. The number of hydrogen-bond acceptors (Lipinski definition) is 2. The summed E-state index contributed by atoms with van der Waals surface area (Å²) in [5.41, 5.74) is 3.54. The number of hydrogen-bond donors (Lipinski definition) is 0. The maximum absolute atomic E-state index is 5.71. The first-order chi connectivity index (χ1) is 9.19. The SMILES string of the molecule is CC(C)c1ccc(COc2ccc(CBr)nc2)cc1. The minimum Gasteiger partial charge on any atom is -0.487 e. The van der Waals surface area contributed by atoms with Crippen LogP contribution in [0.4, 0.5) is 0 Å². The van der Waals surface area contributed by atoms with Gasteiger partial charge in [0.05, 0.1) is 11.9 Å². The molecule has 0 radical (unpaired) electrons. The molecule has 0 bridgehead atoms. The molecule has 0 aliphatic rings. The Labute approximate surface area is 123 Å². The summed E-state index contributed by atoms with van der Waals surface area (Å²) in [6.45, 7) is 4.97. The molecular weight excluding hydrogens is 302 g/mol. The summed E-state index contributed by atoms with van der Waals surface area (Å²) in [4.78, 5) is 4.27. The highest BCUT2D eigenvalue weighted by molar-refractivity contribution is 9.08. The molecule has 0 saturated heterocycles. The average Bonchev–Trinajstić information content (AvgIpc) is 2.46. The topological polar surface area (TPSA) is 22.1 Å². The fourth-order valence-corrected chi connectivity index (χ4v) is 2.07. The van der Waals surface area contributed by atoms with Crippen molar-refractivity contribution in [3.8, 4) is 5.75 Å². The van der Waals surface area contributed by atoms with Crippen LogP contribution < -0.4 is 4.74 Å². The summed E-state index contributed by atoms with van der Waals surface area (Å²) in [7, 11) is 0. The van der Waals surface area contributed by atoms with Crippen LogP contribution in [0.25, 0.3) is 0 Å². The Morgan fingerprint density at radius 3 is 2.37 bits per heavy atom. The predicted octanol–water partition coefficient (Wildman–Crippen LogP) is 4.68. The third kappa shape index (κ3) is 4.06. The van der Waals surface area contributed by atoms with Gasteiger partial charge in [0.15, 0.2) is 0 Å². The van der Waals surface area contributed by atoms with Gasteiger partial charge in [0, 0.05) is 5.33 Å². The quantitative estimate of drug-likeness (QED) is 0.746. The van der Waals surface area contributed by atoms with E-state index >= 15 is 0 Å². The number of ether oxygens (including phenoxy) is 1. The zero-order valence-electron chi connectivity index (χ0n) is 11.3. The summed E-state index contributed by atoms with van der Waals surface area (Å²) < 4.78 is 5.71. The second-order valence-electron chi connectivity index (χ2n) is 4.80. The maximum Gasteiger partial charge on any atom is 0.138 e. The molecule has 2 aromatic rings. The molecule has 3 heteroatoms. The molecule has 0 amide bonds. The van der Waals surface area contributed by atoms with Crippen molar-refractivity contribution in [1.29, 1.82) is 0 Å². The van der Waals surface area contributed by atoms with E-state index in [1.807, 2.05) is 12.1 Å². The van der Waals surface area contributed by atoms with Crippen molar-refractivity contribution in [3.63, 3.8) is 0 Å². The second kappa shape index (κ2) is 6.71. The molecule has 1 aromatic carbocycles. The van der Waals surface area contributed by atoms with E-state index in [0.717, 1.165) is 16.8 Å². The minimum atomic E-state index is 0.566. The molecule has 0 N–H and O–H groups in total. The number of halogens is 1. The van der Waals surface area contributed by atoms with Crippen LogP contribution in [0.1, 0.15) is 36.6 Å². The van der Waals surface area contributed by atoms with Gasteiger partial charge in [-0.2, -0.15) is 0 Å². The third-order valence-corrected chi connectivity index (χ3v) is 3.56. The minimum absolute atomic E-state index is 0.566. The van der Waals surface area contributed by atoms with Crippen LogP contribution in [0, 0.1) is 0 Å². The van der Waals surface area contributed by atoms with Gasteiger partial charge in [-0.15, -0.1) is 0 Å². The lowest BCUT2D eigenvalue weighted by molar-refractivity contribution is 0.305. The van der Waals surface area contributed by atoms with Crippen LogP contribution in [-0.2, 0) is 11.9 Å². The van der Waals surface area contributed by atoms with Crippen molar-refractivity contribution < 1.29 is 4.74 Å². The van der Waals surface area contributed by atoms with E-state index in [-0.39, 0.29) is 0 Å². The van der Waals surface area contributed by atoms with Gasteiger partial charge in [0.25, 0.3) is 0 Å². The molecule has 100 valence electrons. The highest BCUT2D eigenvalue weighted by Crippen LogP contribution is 2.17. The Balaban J connectivity index is 1.94. The van der Waals surface area contributed by atoms with Crippen molar-refractivity contribution in [2.75, 3.05) is 0 Å². The van der Waals surface area contributed by atoms with Gasteiger partial charge in [-0.3, -0.25) is 4.98 Å². The van der Waals surface area contributed by atoms with E-state index in [9.17, 15) is 0 Å². The molecule has 1 aromatic heterocycles. The van der Waals surface area contributed by atoms with Crippen molar-refractivity contribution in [3.05, 3.63) is 59.4 Å². The Morgan fingerprint density at radius 2 is 1.84 bits per heavy atom. The molecule has 0 fully saturated rings. The monoisotopic (exact) mass is 319 g/mol. The molecular formula is C16H18BrNO. The standard InChI is InChI=1S/C16H18BrNO/c1-12(2)14-5-3-13(4-6-14)11-19-16-8-7-15(9-17)18-10-16/h3-8,10,12H,9,11H2,1-2H3. The van der Waals surface area contributed by atoms with Gasteiger partial charge in [-0.05, 0) is 29.2 Å². The number of benzene rings is 1. The first-order valence-electron chi connectivity index (χ1n) is 6.41. The Bertz CT molecular complexity index is 505. The number of aromatic nitrogens is 1. The molecule has 2 rings (SSSR count). The van der Waals surface area contributed by atoms with E-state index in [2.05, 4.69) is 59.0 Å². The van der Waals surface area contributed by atoms with Gasteiger partial charge in [-0.25, -0.2) is 0 Å². The van der Waals surface area contributed by atoms with Gasteiger partial charge in [0.1, 0.15) is 12.4 Å². The van der Waals surface area contributed by atoms with Gasteiger partial charge < -0.3 is 4.74 Å². The number of nitrogens with zero attached hydrogens (tertiary/aromatic N) is 1. The fraction of sp³-hybridized carbons (Fsp3) is 0.312. The molecule has 0 aliphatic heterocycles. The zero-order valence-corrected chi connectivity index (χ0v) is 12.9. The number of rotatable bonds is 5. The molecule has 0 unspecified atom stereocenters. The van der Waals surface area contributed by atoms with Gasteiger partial charge in [-0.1, -0.05) is 54.0 Å². The molecule has 19 heavy (non-hydrogen) atoms. The molecule has 2 nitrogen and oxygen atoms in total. The smallest absolute Gasteiger partial charge is 0.138 e. The lowest BCUT2D eigenvalue weighted by Crippen LogP contribution is -1.97. The lowest BCUT2D eigenvalue weighted by atomic mass is 10.0. The number of alkyl halides is 1. The fourth-order valence-electron chi connectivity index (χ4n) is 1.74. The van der Waals surface area contributed by atoms with Crippen LogP contribution in [-0.4, -0.2) is 4.98 Å². The molecule has 0 saturated carbocycles. The van der Waals surface area contributed by atoms with Gasteiger partial charge in [0.2, 0.25) is 0 Å². The zero-order chi connectivity index (χ0) is 13.7. The summed E-state index contributed by atoms with van der Waals surface area (Å²) >= 11 is 3.37. The number of pyridine rings is 1. The van der Waals surface area contributed by atoms with Crippen LogP contribution in [0.2, 0.25) is 0 Å². The van der Waals surface area contributed by atoms with E-state index in [1.54, 1.807) is 6.20 Å². The highest BCUT2D eigenvalue weighted by Gasteiger charge is 2.00. The maximum atomic E-state index is 5.71. The first-order valence-corrected chi connectivity index (χ1v) is 7.53. The van der Waals surface area contributed by atoms with Crippen molar-refractivity contribution >= 4 is 15.9 Å². The summed E-state index contributed by atoms with van der Waals surface area (Å²) in [6, 6.07) is 12.5. The van der Waals surface area contributed by atoms with Crippen LogP contribution in [0.15, 0.2) is 42.6 Å². The van der Waals surface area contributed by atoms with Crippen molar-refractivity contribution in [1.82, 2.24) is 4.98 Å². The van der Waals surface area contributed by atoms with E-state index in [0.29, 0.717) is 12.5 Å². The van der Waals surface area contributed by atoms with Gasteiger partial charge >= 0.3 is 0 Å². The van der Waals surface area contributed by atoms with Crippen LogP contribution >= 0.6 is 15.9 Å². The van der Waals surface area contributed by atoms with Crippen LogP contribution in [0.3, 0.4) is 0 Å². The molecule has 0 aliphatic carbocycles. The molecule has 0 atom stereocenters. The average molecular weight is 320 g/mol. The van der Waals surface area contributed by atoms with E-state index < -0.39 is 0 Å². The van der Waals surface area contributed by atoms with Crippen molar-refractivity contribution in [2.45, 2.75) is 31.7 Å². The summed E-state index contributed by atoms with van der Waals surface area (Å²) in [6.07, 6.45) is 1.76. The largest absolute Gasteiger partial charge is 0.487 e.